The molecule has 2 saturated heterocycles. The van der Waals surface area contributed by atoms with Crippen LogP contribution in [0.15, 0.2) is 12.4 Å². The van der Waals surface area contributed by atoms with Crippen LogP contribution in [0.3, 0.4) is 0 Å². The summed E-state index contributed by atoms with van der Waals surface area (Å²) >= 11 is 0. The third kappa shape index (κ3) is 2.68. The smallest absolute Gasteiger partial charge is 0.346 e. The molecule has 1 aromatic heterocycles. The Morgan fingerprint density at radius 2 is 2.17 bits per heavy atom. The van der Waals surface area contributed by atoms with Crippen molar-refractivity contribution in [1.29, 1.82) is 0 Å². The van der Waals surface area contributed by atoms with Gasteiger partial charge in [0.25, 0.3) is 0 Å². The number of carbonyl (C=O) groups excluding carboxylic acids is 2. The molecule has 8 heteroatoms. The number of amides is 1. The van der Waals surface area contributed by atoms with Crippen LogP contribution in [0.5, 0.6) is 0 Å². The Morgan fingerprint density at radius 3 is 2.71 bits per heavy atom. The minimum Gasteiger partial charge on any atom is -0.464 e. The lowest BCUT2D eigenvalue weighted by Gasteiger charge is -2.43. The normalized spacial score (nSPS) is 24.9. The largest absolute Gasteiger partial charge is 0.464 e. The van der Waals surface area contributed by atoms with Crippen molar-refractivity contribution in [2.24, 2.45) is 12.5 Å². The summed E-state index contributed by atoms with van der Waals surface area (Å²) in [4.78, 5) is 26.0. The first-order valence-corrected chi connectivity index (χ1v) is 8.09. The van der Waals surface area contributed by atoms with E-state index < -0.39 is 17.1 Å². The van der Waals surface area contributed by atoms with Crippen LogP contribution in [0, 0.1) is 5.41 Å². The number of ether oxygens (including phenoxy) is 2. The standard InChI is InChI=1S/C16H22FN3O4/c1-3-24-14(22)16(17)9-20(8-15(16)10-23-11-15)13(21)5-4-12-6-18-19(2)7-12/h6-7H,3-5,8-11H2,1-2H3/t16-/m0/s1. The van der Waals surface area contributed by atoms with E-state index in [-0.39, 0.29) is 45.2 Å². The van der Waals surface area contributed by atoms with Crippen molar-refractivity contribution in [3.8, 4) is 0 Å². The van der Waals surface area contributed by atoms with Gasteiger partial charge in [0.15, 0.2) is 0 Å². The van der Waals surface area contributed by atoms with E-state index in [1.165, 1.54) is 4.90 Å². The molecule has 2 aliphatic heterocycles. The van der Waals surface area contributed by atoms with Crippen LogP contribution >= 0.6 is 0 Å². The Morgan fingerprint density at radius 1 is 1.42 bits per heavy atom. The Bertz CT molecular complexity index is 643. The van der Waals surface area contributed by atoms with Gasteiger partial charge in [0, 0.05) is 26.2 Å². The van der Waals surface area contributed by atoms with Gasteiger partial charge in [-0.1, -0.05) is 0 Å². The van der Waals surface area contributed by atoms with E-state index in [0.29, 0.717) is 6.42 Å². The number of esters is 1. The summed E-state index contributed by atoms with van der Waals surface area (Å²) in [5.74, 6) is -1.06. The van der Waals surface area contributed by atoms with Crippen LogP contribution in [-0.4, -0.2) is 65.1 Å². The second-order valence-electron chi connectivity index (χ2n) is 6.57. The fraction of sp³-hybridized carbons (Fsp3) is 0.688. The summed E-state index contributed by atoms with van der Waals surface area (Å²) in [6, 6.07) is 0. The number of aromatic nitrogens is 2. The predicted octanol–water partition coefficient (Wildman–Crippen LogP) is 0.483. The molecule has 2 fully saturated rings. The number of carbonyl (C=O) groups is 2. The summed E-state index contributed by atoms with van der Waals surface area (Å²) in [5, 5.41) is 4.06. The number of halogens is 1. The molecule has 2 aliphatic rings. The number of alkyl halides is 1. The van der Waals surface area contributed by atoms with Crippen LogP contribution in [0.1, 0.15) is 18.9 Å². The fourth-order valence-electron chi connectivity index (χ4n) is 3.36. The maximum atomic E-state index is 15.4. The molecule has 0 radical (unpaired) electrons. The molecule has 3 heterocycles. The van der Waals surface area contributed by atoms with Crippen LogP contribution in [0.25, 0.3) is 0 Å². The first kappa shape index (κ1) is 16.9. The van der Waals surface area contributed by atoms with Gasteiger partial charge in [0.05, 0.1) is 38.0 Å². The fourth-order valence-corrected chi connectivity index (χ4v) is 3.36. The highest BCUT2D eigenvalue weighted by atomic mass is 19.1. The molecule has 0 unspecified atom stereocenters. The van der Waals surface area contributed by atoms with Gasteiger partial charge in [-0.25, -0.2) is 9.18 Å². The maximum absolute atomic E-state index is 15.4. The van der Waals surface area contributed by atoms with Gasteiger partial charge < -0.3 is 14.4 Å². The Kier molecular flexibility index (Phi) is 4.33. The molecule has 0 N–H and O–H groups in total. The van der Waals surface area contributed by atoms with Gasteiger partial charge in [-0.05, 0) is 18.9 Å². The van der Waals surface area contributed by atoms with E-state index in [1.54, 1.807) is 17.8 Å². The molecule has 1 amide bonds. The minimum atomic E-state index is -2.19. The van der Waals surface area contributed by atoms with E-state index >= 15 is 4.39 Å². The molecule has 132 valence electrons. The molecule has 0 saturated carbocycles. The quantitative estimate of drug-likeness (QED) is 0.730. The summed E-state index contributed by atoms with van der Waals surface area (Å²) in [5.41, 5.74) is -2.21. The number of likely N-dealkylation sites (tertiary alicyclic amines) is 1. The lowest BCUT2D eigenvalue weighted by molar-refractivity contribution is -0.196. The number of nitrogens with zero attached hydrogens (tertiary/aromatic N) is 3. The molecule has 1 spiro atoms. The molecule has 0 aromatic carbocycles. The lowest BCUT2D eigenvalue weighted by Crippen LogP contribution is -2.61. The topological polar surface area (TPSA) is 73.7 Å². The highest BCUT2D eigenvalue weighted by Gasteiger charge is 2.68. The van der Waals surface area contributed by atoms with Crippen LogP contribution in [0.4, 0.5) is 4.39 Å². The van der Waals surface area contributed by atoms with E-state index in [0.717, 1.165) is 5.56 Å². The summed E-state index contributed by atoms with van der Waals surface area (Å²) < 4.78 is 27.1. The van der Waals surface area contributed by atoms with Crippen molar-refractivity contribution in [2.75, 3.05) is 32.9 Å². The second-order valence-corrected chi connectivity index (χ2v) is 6.57. The zero-order valence-corrected chi connectivity index (χ0v) is 14.0. The maximum Gasteiger partial charge on any atom is 0.346 e. The molecular weight excluding hydrogens is 317 g/mol. The van der Waals surface area contributed by atoms with Crippen LogP contribution < -0.4 is 0 Å². The van der Waals surface area contributed by atoms with Gasteiger partial charge in [0.2, 0.25) is 11.6 Å². The molecule has 0 aliphatic carbocycles. The summed E-state index contributed by atoms with van der Waals surface area (Å²) in [6.45, 7) is 1.94. The van der Waals surface area contributed by atoms with Crippen molar-refractivity contribution in [1.82, 2.24) is 14.7 Å². The third-order valence-corrected chi connectivity index (χ3v) is 4.84. The number of rotatable bonds is 5. The average molecular weight is 339 g/mol. The Labute approximate surface area is 139 Å². The Balaban J connectivity index is 1.67. The predicted molar refractivity (Wildman–Crippen MR) is 81.8 cm³/mol. The first-order chi connectivity index (χ1) is 11.4. The SMILES string of the molecule is CCOC(=O)[C@@]1(F)CN(C(=O)CCc2cnn(C)c2)CC12COC2. The number of aryl methyl sites for hydroxylation is 2. The highest BCUT2D eigenvalue weighted by molar-refractivity contribution is 5.85. The zero-order valence-electron chi connectivity index (χ0n) is 14.0. The monoisotopic (exact) mass is 339 g/mol. The highest BCUT2D eigenvalue weighted by Crippen LogP contribution is 2.48. The molecule has 1 aromatic rings. The second kappa shape index (κ2) is 6.16. The van der Waals surface area contributed by atoms with E-state index in [1.807, 2.05) is 13.2 Å². The lowest BCUT2D eigenvalue weighted by atomic mass is 9.74. The van der Waals surface area contributed by atoms with E-state index in [9.17, 15) is 9.59 Å². The van der Waals surface area contributed by atoms with Crippen molar-refractivity contribution < 1.29 is 23.5 Å². The third-order valence-electron chi connectivity index (χ3n) is 4.84. The van der Waals surface area contributed by atoms with Crippen molar-refractivity contribution >= 4 is 11.9 Å². The molecule has 1 atom stereocenters. The van der Waals surface area contributed by atoms with Gasteiger partial charge in [-0.15, -0.1) is 0 Å². The van der Waals surface area contributed by atoms with Crippen LogP contribution in [-0.2, 0) is 32.5 Å². The number of hydrogen-bond acceptors (Lipinski definition) is 5. The Hall–Kier alpha value is -1.96. The molecule has 0 bridgehead atoms. The summed E-state index contributed by atoms with van der Waals surface area (Å²) in [6.07, 6.45) is 4.33. The van der Waals surface area contributed by atoms with Crippen molar-refractivity contribution in [3.05, 3.63) is 18.0 Å². The molecule has 7 nitrogen and oxygen atoms in total. The zero-order chi connectivity index (χ0) is 17.4. The molecule has 24 heavy (non-hydrogen) atoms. The molecule has 3 rings (SSSR count). The van der Waals surface area contributed by atoms with E-state index in [4.69, 9.17) is 9.47 Å². The summed E-state index contributed by atoms with van der Waals surface area (Å²) in [7, 11) is 1.81. The molecular formula is C16H22FN3O4. The van der Waals surface area contributed by atoms with Crippen molar-refractivity contribution in [3.63, 3.8) is 0 Å². The van der Waals surface area contributed by atoms with Crippen molar-refractivity contribution in [2.45, 2.75) is 25.4 Å². The van der Waals surface area contributed by atoms with Gasteiger partial charge >= 0.3 is 5.97 Å². The van der Waals surface area contributed by atoms with Gasteiger partial charge in [0.1, 0.15) is 0 Å². The van der Waals surface area contributed by atoms with Gasteiger partial charge in [-0.3, -0.25) is 9.48 Å². The number of hydrogen-bond donors (Lipinski definition) is 0. The van der Waals surface area contributed by atoms with Gasteiger partial charge in [-0.2, -0.15) is 5.10 Å². The van der Waals surface area contributed by atoms with Crippen LogP contribution in [0.2, 0.25) is 0 Å². The minimum absolute atomic E-state index is 0.108. The average Bonchev–Trinajstić information content (AvgIpc) is 3.06. The van der Waals surface area contributed by atoms with E-state index in [2.05, 4.69) is 5.10 Å². The first-order valence-electron chi connectivity index (χ1n) is 8.09.